The second kappa shape index (κ2) is 5.86. The van der Waals surface area contributed by atoms with Crippen LogP contribution in [0.15, 0.2) is 36.7 Å². The first-order chi connectivity index (χ1) is 9.47. The maximum absolute atomic E-state index is 13.0. The topological polar surface area (TPSA) is 46.9 Å². The number of benzene rings is 1. The number of halogens is 1. The van der Waals surface area contributed by atoms with Crippen LogP contribution in [-0.2, 0) is 7.05 Å². The summed E-state index contributed by atoms with van der Waals surface area (Å²) in [6.07, 6.45) is 3.19. The molecule has 2 rings (SSSR count). The highest BCUT2D eigenvalue weighted by Gasteiger charge is 2.19. The van der Waals surface area contributed by atoms with Crippen molar-refractivity contribution >= 4 is 5.91 Å². The second-order valence-corrected chi connectivity index (χ2v) is 5.15. The van der Waals surface area contributed by atoms with E-state index < -0.39 is 0 Å². The molecule has 5 heteroatoms. The van der Waals surface area contributed by atoms with Crippen molar-refractivity contribution in [1.29, 1.82) is 0 Å². The SMILES string of the molecule is CC(C)[C@@H](NC(=O)c1cnn(C)c1)c1ccc(F)cc1. The van der Waals surface area contributed by atoms with Gasteiger partial charge in [0.1, 0.15) is 5.82 Å². The molecule has 4 nitrogen and oxygen atoms in total. The van der Waals surface area contributed by atoms with Crippen molar-refractivity contribution < 1.29 is 9.18 Å². The Morgan fingerprint density at radius 1 is 1.30 bits per heavy atom. The Kier molecular flexibility index (Phi) is 4.17. The summed E-state index contributed by atoms with van der Waals surface area (Å²) in [7, 11) is 1.76. The fraction of sp³-hybridized carbons (Fsp3) is 0.333. The number of rotatable bonds is 4. The van der Waals surface area contributed by atoms with E-state index in [4.69, 9.17) is 0 Å². The number of amides is 1. The molecule has 0 saturated carbocycles. The molecule has 0 spiro atoms. The van der Waals surface area contributed by atoms with E-state index in [9.17, 15) is 9.18 Å². The first-order valence-electron chi connectivity index (χ1n) is 6.52. The third-order valence-corrected chi connectivity index (χ3v) is 3.15. The first kappa shape index (κ1) is 14.2. The summed E-state index contributed by atoms with van der Waals surface area (Å²) in [6.45, 7) is 4.02. The highest BCUT2D eigenvalue weighted by molar-refractivity contribution is 5.93. The predicted octanol–water partition coefficient (Wildman–Crippen LogP) is 2.69. The van der Waals surface area contributed by atoms with Gasteiger partial charge in [-0.2, -0.15) is 5.10 Å². The lowest BCUT2D eigenvalue weighted by molar-refractivity contribution is 0.0925. The summed E-state index contributed by atoms with van der Waals surface area (Å²) >= 11 is 0. The largest absolute Gasteiger partial charge is 0.345 e. The normalized spacial score (nSPS) is 12.4. The van der Waals surface area contributed by atoms with E-state index in [1.807, 2.05) is 13.8 Å². The van der Waals surface area contributed by atoms with Gasteiger partial charge in [0.15, 0.2) is 0 Å². The number of hydrogen-bond acceptors (Lipinski definition) is 2. The fourth-order valence-electron chi connectivity index (χ4n) is 2.07. The van der Waals surface area contributed by atoms with E-state index in [2.05, 4.69) is 10.4 Å². The maximum atomic E-state index is 13.0. The van der Waals surface area contributed by atoms with Gasteiger partial charge < -0.3 is 5.32 Å². The third-order valence-electron chi connectivity index (χ3n) is 3.15. The minimum Gasteiger partial charge on any atom is -0.345 e. The number of nitrogens with one attached hydrogen (secondary N) is 1. The summed E-state index contributed by atoms with van der Waals surface area (Å²) < 4.78 is 14.6. The zero-order valence-electron chi connectivity index (χ0n) is 11.8. The molecule has 1 aromatic heterocycles. The van der Waals surface area contributed by atoms with Gasteiger partial charge in [-0.1, -0.05) is 26.0 Å². The molecule has 0 aliphatic heterocycles. The van der Waals surface area contributed by atoms with Crippen LogP contribution in [0.1, 0.15) is 35.8 Å². The molecule has 0 unspecified atom stereocenters. The van der Waals surface area contributed by atoms with Gasteiger partial charge in [0, 0.05) is 13.2 Å². The molecule has 0 bridgehead atoms. The Labute approximate surface area is 117 Å². The molecule has 1 aromatic carbocycles. The summed E-state index contributed by atoms with van der Waals surface area (Å²) in [6, 6.07) is 6.04. The highest BCUT2D eigenvalue weighted by atomic mass is 19.1. The lowest BCUT2D eigenvalue weighted by atomic mass is 9.96. The predicted molar refractivity (Wildman–Crippen MR) is 74.7 cm³/mol. The Hall–Kier alpha value is -2.17. The fourth-order valence-corrected chi connectivity index (χ4v) is 2.07. The van der Waals surface area contributed by atoms with E-state index in [-0.39, 0.29) is 23.7 Å². The molecule has 0 aliphatic rings. The number of carbonyl (C=O) groups excluding carboxylic acids is 1. The smallest absolute Gasteiger partial charge is 0.254 e. The molecule has 1 heterocycles. The van der Waals surface area contributed by atoms with Crippen LogP contribution in [0, 0.1) is 11.7 Å². The van der Waals surface area contributed by atoms with Crippen LogP contribution in [0.4, 0.5) is 4.39 Å². The summed E-state index contributed by atoms with van der Waals surface area (Å²) in [5.41, 5.74) is 1.40. The van der Waals surface area contributed by atoms with Crippen LogP contribution in [0.2, 0.25) is 0 Å². The number of nitrogens with zero attached hydrogens (tertiary/aromatic N) is 2. The Balaban J connectivity index is 2.17. The molecular weight excluding hydrogens is 257 g/mol. The highest BCUT2D eigenvalue weighted by Crippen LogP contribution is 2.22. The molecule has 2 aromatic rings. The van der Waals surface area contributed by atoms with E-state index in [0.29, 0.717) is 5.56 Å². The number of aryl methyl sites for hydroxylation is 1. The molecule has 0 saturated heterocycles. The average Bonchev–Trinajstić information content (AvgIpc) is 2.83. The lowest BCUT2D eigenvalue weighted by Crippen LogP contribution is -2.31. The van der Waals surface area contributed by atoms with Crippen LogP contribution in [0.3, 0.4) is 0 Å². The summed E-state index contributed by atoms with van der Waals surface area (Å²) in [5, 5.41) is 6.95. The number of aromatic nitrogens is 2. The lowest BCUT2D eigenvalue weighted by Gasteiger charge is -2.22. The first-order valence-corrected chi connectivity index (χ1v) is 6.52. The van der Waals surface area contributed by atoms with Crippen molar-refractivity contribution in [2.75, 3.05) is 0 Å². The molecule has 1 amide bonds. The van der Waals surface area contributed by atoms with Crippen LogP contribution in [0.5, 0.6) is 0 Å². The van der Waals surface area contributed by atoms with Crippen LogP contribution in [0.25, 0.3) is 0 Å². The van der Waals surface area contributed by atoms with Crippen molar-refractivity contribution in [3.8, 4) is 0 Å². The van der Waals surface area contributed by atoms with Crippen LogP contribution < -0.4 is 5.32 Å². The van der Waals surface area contributed by atoms with Gasteiger partial charge >= 0.3 is 0 Å². The van der Waals surface area contributed by atoms with Crippen molar-refractivity contribution in [3.05, 3.63) is 53.6 Å². The molecule has 0 aliphatic carbocycles. The van der Waals surface area contributed by atoms with E-state index >= 15 is 0 Å². The minimum absolute atomic E-state index is 0.164. The molecular formula is C15H18FN3O. The molecule has 0 radical (unpaired) electrons. The van der Waals surface area contributed by atoms with Gasteiger partial charge in [-0.15, -0.1) is 0 Å². The van der Waals surface area contributed by atoms with Crippen molar-refractivity contribution in [1.82, 2.24) is 15.1 Å². The zero-order chi connectivity index (χ0) is 14.7. The van der Waals surface area contributed by atoms with Gasteiger partial charge in [0.05, 0.1) is 17.8 Å². The molecule has 0 fully saturated rings. The molecule has 106 valence electrons. The van der Waals surface area contributed by atoms with Gasteiger partial charge in [-0.3, -0.25) is 9.48 Å². The average molecular weight is 275 g/mol. The van der Waals surface area contributed by atoms with E-state index in [0.717, 1.165) is 5.56 Å². The van der Waals surface area contributed by atoms with Gasteiger partial charge in [-0.05, 0) is 23.6 Å². The van der Waals surface area contributed by atoms with Crippen molar-refractivity contribution in [2.45, 2.75) is 19.9 Å². The standard InChI is InChI=1S/C15H18FN3O/c1-10(2)14(11-4-6-13(16)7-5-11)18-15(20)12-8-17-19(3)9-12/h4-10,14H,1-3H3,(H,18,20)/t14-/m1/s1. The maximum Gasteiger partial charge on any atom is 0.254 e. The van der Waals surface area contributed by atoms with Crippen LogP contribution in [-0.4, -0.2) is 15.7 Å². The molecule has 1 N–H and O–H groups in total. The summed E-state index contributed by atoms with van der Waals surface area (Å²) in [5.74, 6) is -0.267. The number of hydrogen-bond donors (Lipinski definition) is 1. The van der Waals surface area contributed by atoms with E-state index in [1.54, 1.807) is 30.1 Å². The zero-order valence-corrected chi connectivity index (χ0v) is 11.8. The van der Waals surface area contributed by atoms with Crippen LogP contribution >= 0.6 is 0 Å². The quantitative estimate of drug-likeness (QED) is 0.932. The minimum atomic E-state index is -0.283. The third kappa shape index (κ3) is 3.23. The second-order valence-electron chi connectivity index (χ2n) is 5.15. The summed E-state index contributed by atoms with van der Waals surface area (Å²) in [4.78, 5) is 12.2. The van der Waals surface area contributed by atoms with Gasteiger partial charge in [0.25, 0.3) is 5.91 Å². The van der Waals surface area contributed by atoms with Gasteiger partial charge in [0.2, 0.25) is 0 Å². The number of carbonyl (C=O) groups is 1. The Morgan fingerprint density at radius 3 is 2.45 bits per heavy atom. The van der Waals surface area contributed by atoms with Crippen molar-refractivity contribution in [2.24, 2.45) is 13.0 Å². The Bertz CT molecular complexity index is 589. The van der Waals surface area contributed by atoms with Gasteiger partial charge in [-0.25, -0.2) is 4.39 Å². The monoisotopic (exact) mass is 275 g/mol. The van der Waals surface area contributed by atoms with E-state index in [1.165, 1.54) is 18.3 Å². The molecule has 20 heavy (non-hydrogen) atoms. The van der Waals surface area contributed by atoms with Crippen molar-refractivity contribution in [3.63, 3.8) is 0 Å². The molecule has 1 atom stereocenters. The Morgan fingerprint density at radius 2 is 1.95 bits per heavy atom.